The Morgan fingerprint density at radius 3 is 2.52 bits per heavy atom. The van der Waals surface area contributed by atoms with E-state index < -0.39 is 29.6 Å². The lowest BCUT2D eigenvalue weighted by Crippen LogP contribution is -2.46. The normalized spacial score (nSPS) is 15.0. The SMILES string of the molecule is Cc1ccc2nc(-c3ccc(N4C(=O)CC(N(CCc5cccc(Cl)c5)C(=O)c5ccc(F)cc5)C4=O)cc3)sc2c1. The minimum Gasteiger partial charge on any atom is -0.326 e. The second-order valence-electron chi connectivity index (χ2n) is 10.2. The molecule has 1 aliphatic heterocycles. The minimum absolute atomic E-state index is 0.152. The van der Waals surface area contributed by atoms with Gasteiger partial charge in [0.25, 0.3) is 11.8 Å². The van der Waals surface area contributed by atoms with Gasteiger partial charge in [-0.3, -0.25) is 14.4 Å². The number of hydrogen-bond donors (Lipinski definition) is 0. The summed E-state index contributed by atoms with van der Waals surface area (Å²) in [6, 6.07) is 24.7. The number of hydrogen-bond acceptors (Lipinski definition) is 5. The highest BCUT2D eigenvalue weighted by Gasteiger charge is 2.44. The van der Waals surface area contributed by atoms with Gasteiger partial charge >= 0.3 is 0 Å². The third-order valence-electron chi connectivity index (χ3n) is 7.30. The maximum atomic E-state index is 13.7. The van der Waals surface area contributed by atoms with Crippen LogP contribution in [0.2, 0.25) is 5.02 Å². The largest absolute Gasteiger partial charge is 0.326 e. The topological polar surface area (TPSA) is 70.6 Å². The average Bonchev–Trinajstić information content (AvgIpc) is 3.53. The second-order valence-corrected chi connectivity index (χ2v) is 11.7. The Balaban J connectivity index is 1.26. The van der Waals surface area contributed by atoms with Gasteiger partial charge in [0, 0.05) is 22.7 Å². The molecule has 1 unspecified atom stereocenters. The molecule has 1 atom stereocenters. The summed E-state index contributed by atoms with van der Waals surface area (Å²) >= 11 is 7.72. The summed E-state index contributed by atoms with van der Waals surface area (Å²) in [5, 5.41) is 1.41. The van der Waals surface area contributed by atoms with Crippen LogP contribution < -0.4 is 4.90 Å². The third kappa shape index (κ3) is 5.55. The summed E-state index contributed by atoms with van der Waals surface area (Å²) in [6.07, 6.45) is 0.266. The van der Waals surface area contributed by atoms with Crippen molar-refractivity contribution < 1.29 is 18.8 Å². The Hall–Kier alpha value is -4.40. The number of halogens is 2. The highest BCUT2D eigenvalue weighted by molar-refractivity contribution is 7.21. The zero-order valence-electron chi connectivity index (χ0n) is 22.6. The minimum atomic E-state index is -0.999. The van der Waals surface area contributed by atoms with Crippen molar-refractivity contribution >= 4 is 56.6 Å². The van der Waals surface area contributed by atoms with Crippen LogP contribution in [0.4, 0.5) is 10.1 Å². The summed E-state index contributed by atoms with van der Waals surface area (Å²) in [7, 11) is 0. The van der Waals surface area contributed by atoms with Gasteiger partial charge in [0.05, 0.1) is 22.3 Å². The Morgan fingerprint density at radius 1 is 1.02 bits per heavy atom. The van der Waals surface area contributed by atoms with Crippen molar-refractivity contribution in [2.24, 2.45) is 0 Å². The van der Waals surface area contributed by atoms with Crippen LogP contribution in [0.5, 0.6) is 0 Å². The van der Waals surface area contributed by atoms with Crippen molar-refractivity contribution in [1.29, 1.82) is 0 Å². The number of thiazole rings is 1. The standard InChI is InChI=1S/C33H25ClFN3O3S/c1-20-5-14-27-29(17-20)42-31(36-27)22-8-12-26(13-9-22)38-30(39)19-28(33(38)41)37(16-15-21-3-2-4-24(34)18-21)32(40)23-6-10-25(35)11-7-23/h2-14,17-18,28H,15-16,19H2,1H3. The van der Waals surface area contributed by atoms with Crippen molar-refractivity contribution in [2.75, 3.05) is 11.4 Å². The van der Waals surface area contributed by atoms with E-state index in [9.17, 15) is 18.8 Å². The lowest BCUT2D eigenvalue weighted by atomic mass is 10.1. The molecule has 3 amide bonds. The Kier molecular flexibility index (Phi) is 7.58. The van der Waals surface area contributed by atoms with Gasteiger partial charge in [0.2, 0.25) is 5.91 Å². The van der Waals surface area contributed by atoms with E-state index in [0.29, 0.717) is 17.1 Å². The van der Waals surface area contributed by atoms with Crippen LogP contribution in [0.1, 0.15) is 27.9 Å². The Bertz CT molecular complexity index is 1820. The van der Waals surface area contributed by atoms with Gasteiger partial charge in [-0.2, -0.15) is 0 Å². The summed E-state index contributed by atoms with van der Waals surface area (Å²) in [5.41, 5.74) is 4.50. The van der Waals surface area contributed by atoms with Crippen LogP contribution >= 0.6 is 22.9 Å². The molecule has 0 N–H and O–H groups in total. The molecular formula is C33H25ClFN3O3S. The van der Waals surface area contributed by atoms with Gasteiger partial charge in [0.15, 0.2) is 0 Å². The van der Waals surface area contributed by atoms with Crippen LogP contribution in [0, 0.1) is 12.7 Å². The number of imide groups is 1. The predicted octanol–water partition coefficient (Wildman–Crippen LogP) is 7.08. The zero-order chi connectivity index (χ0) is 29.4. The maximum Gasteiger partial charge on any atom is 0.257 e. The Morgan fingerprint density at radius 2 is 1.79 bits per heavy atom. The van der Waals surface area contributed by atoms with E-state index in [1.165, 1.54) is 29.2 Å². The molecule has 5 aromatic rings. The molecule has 1 fully saturated rings. The first-order valence-electron chi connectivity index (χ1n) is 13.4. The number of amides is 3. The van der Waals surface area contributed by atoms with Crippen molar-refractivity contribution in [2.45, 2.75) is 25.8 Å². The first-order valence-corrected chi connectivity index (χ1v) is 14.6. The smallest absolute Gasteiger partial charge is 0.257 e. The van der Waals surface area contributed by atoms with E-state index in [2.05, 4.69) is 6.07 Å². The van der Waals surface area contributed by atoms with Gasteiger partial charge in [-0.05, 0) is 97.3 Å². The van der Waals surface area contributed by atoms with Gasteiger partial charge in [-0.25, -0.2) is 14.3 Å². The number of fused-ring (bicyclic) bond motifs is 1. The van der Waals surface area contributed by atoms with E-state index in [-0.39, 0.29) is 18.5 Å². The molecule has 4 aromatic carbocycles. The first kappa shape index (κ1) is 27.8. The molecule has 6 nitrogen and oxygen atoms in total. The summed E-state index contributed by atoms with van der Waals surface area (Å²) in [6.45, 7) is 2.21. The first-order chi connectivity index (χ1) is 20.3. The second kappa shape index (κ2) is 11.5. The van der Waals surface area contributed by atoms with Crippen LogP contribution in [0.3, 0.4) is 0 Å². The zero-order valence-corrected chi connectivity index (χ0v) is 24.2. The van der Waals surface area contributed by atoms with Crippen molar-refractivity contribution in [3.63, 3.8) is 0 Å². The van der Waals surface area contributed by atoms with E-state index in [4.69, 9.17) is 16.6 Å². The quantitative estimate of drug-likeness (QED) is 0.188. The number of carbonyl (C=O) groups excluding carboxylic acids is 3. The lowest BCUT2D eigenvalue weighted by molar-refractivity contribution is -0.122. The third-order valence-corrected chi connectivity index (χ3v) is 8.60. The average molecular weight is 598 g/mol. The van der Waals surface area contributed by atoms with Crippen molar-refractivity contribution in [1.82, 2.24) is 9.88 Å². The van der Waals surface area contributed by atoms with E-state index in [0.717, 1.165) is 36.8 Å². The molecule has 0 aliphatic carbocycles. The summed E-state index contributed by atoms with van der Waals surface area (Å²) in [4.78, 5) is 47.8. The molecule has 1 aliphatic rings. The lowest BCUT2D eigenvalue weighted by Gasteiger charge is -2.28. The fourth-order valence-corrected chi connectivity index (χ4v) is 6.42. The molecule has 0 bridgehead atoms. The van der Waals surface area contributed by atoms with Gasteiger partial charge in [-0.1, -0.05) is 29.8 Å². The highest BCUT2D eigenvalue weighted by atomic mass is 35.5. The number of anilines is 1. The monoisotopic (exact) mass is 597 g/mol. The number of carbonyl (C=O) groups is 3. The molecule has 210 valence electrons. The molecule has 1 aromatic heterocycles. The fraction of sp³-hybridized carbons (Fsp3) is 0.152. The molecular weight excluding hydrogens is 573 g/mol. The number of aromatic nitrogens is 1. The van der Waals surface area contributed by atoms with Crippen LogP contribution in [-0.2, 0) is 16.0 Å². The van der Waals surface area contributed by atoms with Crippen LogP contribution in [0.25, 0.3) is 20.8 Å². The number of aryl methyl sites for hydroxylation is 1. The maximum absolute atomic E-state index is 13.7. The van der Waals surface area contributed by atoms with Gasteiger partial charge in [-0.15, -0.1) is 11.3 Å². The van der Waals surface area contributed by atoms with E-state index in [1.807, 2.05) is 43.3 Å². The molecule has 6 rings (SSSR count). The van der Waals surface area contributed by atoms with Gasteiger partial charge < -0.3 is 4.90 Å². The number of benzene rings is 4. The Labute approximate surface area is 251 Å². The molecule has 0 radical (unpaired) electrons. The van der Waals surface area contributed by atoms with Crippen molar-refractivity contribution in [3.05, 3.63) is 119 Å². The highest BCUT2D eigenvalue weighted by Crippen LogP contribution is 2.33. The van der Waals surface area contributed by atoms with Crippen LogP contribution in [-0.4, -0.2) is 40.2 Å². The summed E-state index contributed by atoms with van der Waals surface area (Å²) in [5.74, 6) is -1.80. The van der Waals surface area contributed by atoms with E-state index in [1.54, 1.807) is 35.6 Å². The summed E-state index contributed by atoms with van der Waals surface area (Å²) < 4.78 is 14.7. The molecule has 0 spiro atoms. The fourth-order valence-electron chi connectivity index (χ4n) is 5.14. The number of nitrogens with zero attached hydrogens (tertiary/aromatic N) is 3. The van der Waals surface area contributed by atoms with Gasteiger partial charge in [0.1, 0.15) is 16.9 Å². The molecule has 42 heavy (non-hydrogen) atoms. The molecule has 0 saturated carbocycles. The van der Waals surface area contributed by atoms with Crippen molar-refractivity contribution in [3.8, 4) is 10.6 Å². The van der Waals surface area contributed by atoms with Crippen LogP contribution in [0.15, 0.2) is 91.0 Å². The molecule has 2 heterocycles. The number of rotatable bonds is 7. The van der Waals surface area contributed by atoms with E-state index >= 15 is 0 Å². The predicted molar refractivity (Wildman–Crippen MR) is 163 cm³/mol. The molecule has 9 heteroatoms. The molecule has 1 saturated heterocycles.